The molecule has 0 unspecified atom stereocenters. The SMILES string of the molecule is O=C(NC1CC1)c1ncc(-c2ccc(C(F)(F)F)cc2)c(NC2CCCCCC2)n1. The van der Waals surface area contributed by atoms with Gasteiger partial charge >= 0.3 is 6.18 Å². The fourth-order valence-electron chi connectivity index (χ4n) is 3.75. The molecule has 2 aliphatic rings. The molecule has 0 aliphatic heterocycles. The topological polar surface area (TPSA) is 66.9 Å². The predicted molar refractivity (Wildman–Crippen MR) is 108 cm³/mol. The van der Waals surface area contributed by atoms with Crippen molar-refractivity contribution in [1.29, 1.82) is 0 Å². The molecule has 8 heteroatoms. The fourth-order valence-corrected chi connectivity index (χ4v) is 3.75. The first-order valence-corrected chi connectivity index (χ1v) is 10.5. The zero-order valence-corrected chi connectivity index (χ0v) is 16.6. The molecule has 0 bridgehead atoms. The Morgan fingerprint density at radius 3 is 2.20 bits per heavy atom. The van der Waals surface area contributed by atoms with E-state index >= 15 is 0 Å². The van der Waals surface area contributed by atoms with Crippen molar-refractivity contribution in [3.8, 4) is 11.1 Å². The van der Waals surface area contributed by atoms with Crippen LogP contribution in [-0.4, -0.2) is 28.0 Å². The lowest BCUT2D eigenvalue weighted by Gasteiger charge is -2.20. The number of benzene rings is 1. The highest BCUT2D eigenvalue weighted by Crippen LogP contribution is 2.33. The molecule has 30 heavy (non-hydrogen) atoms. The van der Waals surface area contributed by atoms with E-state index in [1.54, 1.807) is 0 Å². The summed E-state index contributed by atoms with van der Waals surface area (Å²) in [5.74, 6) is 0.256. The van der Waals surface area contributed by atoms with Crippen molar-refractivity contribution in [2.24, 2.45) is 0 Å². The van der Waals surface area contributed by atoms with Crippen LogP contribution >= 0.6 is 0 Å². The van der Waals surface area contributed by atoms with Gasteiger partial charge in [-0.3, -0.25) is 4.79 Å². The normalized spacial score (nSPS) is 18.0. The van der Waals surface area contributed by atoms with Gasteiger partial charge in [0.25, 0.3) is 5.91 Å². The number of carbonyl (C=O) groups is 1. The van der Waals surface area contributed by atoms with Crippen LogP contribution in [0.5, 0.6) is 0 Å². The zero-order valence-electron chi connectivity index (χ0n) is 16.6. The maximum absolute atomic E-state index is 12.9. The largest absolute Gasteiger partial charge is 0.416 e. The minimum absolute atomic E-state index is 0.0775. The minimum Gasteiger partial charge on any atom is -0.367 e. The van der Waals surface area contributed by atoms with Gasteiger partial charge in [-0.1, -0.05) is 37.8 Å². The summed E-state index contributed by atoms with van der Waals surface area (Å²) in [4.78, 5) is 21.1. The van der Waals surface area contributed by atoms with Gasteiger partial charge in [0.15, 0.2) is 0 Å². The third-order valence-corrected chi connectivity index (χ3v) is 5.62. The molecule has 2 N–H and O–H groups in total. The summed E-state index contributed by atoms with van der Waals surface area (Å²) in [6, 6.07) is 5.36. The van der Waals surface area contributed by atoms with E-state index in [1.807, 2.05) is 0 Å². The number of halogens is 3. The van der Waals surface area contributed by atoms with Gasteiger partial charge in [0.2, 0.25) is 5.82 Å². The maximum Gasteiger partial charge on any atom is 0.416 e. The second kappa shape index (κ2) is 8.62. The van der Waals surface area contributed by atoms with E-state index in [0.717, 1.165) is 50.7 Å². The first-order chi connectivity index (χ1) is 14.4. The zero-order chi connectivity index (χ0) is 21.1. The van der Waals surface area contributed by atoms with Gasteiger partial charge in [0.1, 0.15) is 5.82 Å². The molecule has 1 heterocycles. The lowest BCUT2D eigenvalue weighted by molar-refractivity contribution is -0.137. The van der Waals surface area contributed by atoms with Crippen molar-refractivity contribution in [3.63, 3.8) is 0 Å². The van der Waals surface area contributed by atoms with E-state index in [1.165, 1.54) is 31.2 Å². The molecule has 0 spiro atoms. The van der Waals surface area contributed by atoms with Gasteiger partial charge in [-0.25, -0.2) is 9.97 Å². The summed E-state index contributed by atoms with van der Waals surface area (Å²) >= 11 is 0. The number of nitrogens with zero attached hydrogens (tertiary/aromatic N) is 2. The van der Waals surface area contributed by atoms with Gasteiger partial charge in [-0.2, -0.15) is 13.2 Å². The van der Waals surface area contributed by atoms with Crippen LogP contribution in [0, 0.1) is 0 Å². The van der Waals surface area contributed by atoms with Crippen molar-refractivity contribution < 1.29 is 18.0 Å². The molecular weight excluding hydrogens is 393 g/mol. The second-order valence-corrected chi connectivity index (χ2v) is 8.11. The number of carbonyl (C=O) groups excluding carboxylic acids is 1. The van der Waals surface area contributed by atoms with Crippen molar-refractivity contribution in [1.82, 2.24) is 15.3 Å². The molecule has 2 fully saturated rings. The highest BCUT2D eigenvalue weighted by atomic mass is 19.4. The number of aromatic nitrogens is 2. The van der Waals surface area contributed by atoms with Crippen LogP contribution in [0.3, 0.4) is 0 Å². The van der Waals surface area contributed by atoms with E-state index in [9.17, 15) is 18.0 Å². The van der Waals surface area contributed by atoms with Gasteiger partial charge in [-0.15, -0.1) is 0 Å². The lowest BCUT2D eigenvalue weighted by Crippen LogP contribution is -2.28. The number of rotatable bonds is 5. The molecule has 0 atom stereocenters. The quantitative estimate of drug-likeness (QED) is 0.656. The predicted octanol–water partition coefficient (Wildman–Crippen LogP) is 5.19. The van der Waals surface area contributed by atoms with Crippen molar-refractivity contribution >= 4 is 11.7 Å². The van der Waals surface area contributed by atoms with Crippen LogP contribution in [0.25, 0.3) is 11.1 Å². The first kappa shape index (κ1) is 20.6. The molecule has 1 aromatic heterocycles. The molecule has 2 aliphatic carbocycles. The summed E-state index contributed by atoms with van der Waals surface area (Å²) in [7, 11) is 0. The van der Waals surface area contributed by atoms with E-state index in [-0.39, 0.29) is 23.8 Å². The summed E-state index contributed by atoms with van der Waals surface area (Å²) < 4.78 is 38.8. The molecule has 2 saturated carbocycles. The second-order valence-electron chi connectivity index (χ2n) is 8.11. The third-order valence-electron chi connectivity index (χ3n) is 5.62. The molecule has 1 aromatic carbocycles. The van der Waals surface area contributed by atoms with Crippen molar-refractivity contribution in [2.45, 2.75) is 69.6 Å². The Morgan fingerprint density at radius 1 is 0.933 bits per heavy atom. The average Bonchev–Trinajstić information content (AvgIpc) is 3.55. The average molecular weight is 418 g/mol. The van der Waals surface area contributed by atoms with Crippen LogP contribution in [-0.2, 0) is 6.18 Å². The number of amides is 1. The molecule has 5 nitrogen and oxygen atoms in total. The summed E-state index contributed by atoms with van der Waals surface area (Å²) in [6.07, 6.45) is 5.69. The molecule has 0 radical (unpaired) electrons. The summed E-state index contributed by atoms with van der Waals surface area (Å²) in [5, 5.41) is 6.32. The van der Waals surface area contributed by atoms with E-state index in [0.29, 0.717) is 16.9 Å². The molecule has 2 aromatic rings. The highest BCUT2D eigenvalue weighted by Gasteiger charge is 2.30. The fraction of sp³-hybridized carbons (Fsp3) is 0.500. The van der Waals surface area contributed by atoms with Crippen molar-refractivity contribution in [3.05, 3.63) is 41.9 Å². The molecule has 160 valence electrons. The Morgan fingerprint density at radius 2 is 1.60 bits per heavy atom. The number of nitrogens with one attached hydrogen (secondary N) is 2. The molecular formula is C22H25F3N4O. The van der Waals surface area contributed by atoms with Gasteiger partial charge in [0, 0.05) is 23.8 Å². The van der Waals surface area contributed by atoms with E-state index < -0.39 is 11.7 Å². The van der Waals surface area contributed by atoms with Gasteiger partial charge in [-0.05, 0) is 43.4 Å². The Hall–Kier alpha value is -2.64. The Balaban J connectivity index is 1.64. The third kappa shape index (κ3) is 5.09. The minimum atomic E-state index is -4.39. The van der Waals surface area contributed by atoms with Gasteiger partial charge in [0.05, 0.1) is 5.56 Å². The molecule has 4 rings (SSSR count). The maximum atomic E-state index is 12.9. The van der Waals surface area contributed by atoms with Crippen LogP contribution in [0.4, 0.5) is 19.0 Å². The lowest BCUT2D eigenvalue weighted by atomic mass is 10.0. The Kier molecular flexibility index (Phi) is 5.92. The Labute approximate surface area is 173 Å². The number of hydrogen-bond donors (Lipinski definition) is 2. The van der Waals surface area contributed by atoms with E-state index in [4.69, 9.17) is 0 Å². The number of anilines is 1. The Bertz CT molecular complexity index is 886. The van der Waals surface area contributed by atoms with E-state index in [2.05, 4.69) is 20.6 Å². The summed E-state index contributed by atoms with van der Waals surface area (Å²) in [6.45, 7) is 0. The highest BCUT2D eigenvalue weighted by molar-refractivity contribution is 5.92. The molecule has 1 amide bonds. The first-order valence-electron chi connectivity index (χ1n) is 10.5. The van der Waals surface area contributed by atoms with Crippen LogP contribution < -0.4 is 10.6 Å². The van der Waals surface area contributed by atoms with Crippen molar-refractivity contribution in [2.75, 3.05) is 5.32 Å². The van der Waals surface area contributed by atoms with Crippen LogP contribution in [0.2, 0.25) is 0 Å². The number of hydrogen-bond acceptors (Lipinski definition) is 4. The van der Waals surface area contributed by atoms with Crippen LogP contribution in [0.15, 0.2) is 30.5 Å². The summed E-state index contributed by atoms with van der Waals surface area (Å²) in [5.41, 5.74) is 0.468. The number of alkyl halides is 3. The van der Waals surface area contributed by atoms with Gasteiger partial charge < -0.3 is 10.6 Å². The monoisotopic (exact) mass is 418 g/mol. The molecule has 0 saturated heterocycles. The smallest absolute Gasteiger partial charge is 0.367 e. The standard InChI is InChI=1S/C22H25F3N4O/c23-22(24,25)15-9-7-14(8-10-15)18-13-26-20(21(30)28-17-11-12-17)29-19(18)27-16-5-3-1-2-4-6-16/h7-10,13,16-17H,1-6,11-12H2,(H,28,30)(H,26,27,29). The van der Waals surface area contributed by atoms with Crippen LogP contribution in [0.1, 0.15) is 67.5 Å².